The molecule has 0 aromatic heterocycles. The van der Waals surface area contributed by atoms with Crippen molar-refractivity contribution in [2.24, 2.45) is 0 Å². The second-order valence-electron chi connectivity index (χ2n) is 5.09. The number of rotatable bonds is 7. The number of benzene rings is 1. The Hall–Kier alpha value is -1.93. The number of nitrogens with zero attached hydrogens (tertiary/aromatic N) is 1. The van der Waals surface area contributed by atoms with Crippen molar-refractivity contribution in [2.75, 3.05) is 44.7 Å². The molecular weight excluding hydrogens is 308 g/mol. The number of ether oxygens (including phenoxy) is 2. The predicted molar refractivity (Wildman–Crippen MR) is 82.0 cm³/mol. The summed E-state index contributed by atoms with van der Waals surface area (Å²) >= 11 is 0. The summed E-state index contributed by atoms with van der Waals surface area (Å²) in [6.45, 7) is 1.90. The Bertz CT molecular complexity index is 497. The summed E-state index contributed by atoms with van der Waals surface area (Å²) in [6.07, 6.45) is 0.835. The van der Waals surface area contributed by atoms with E-state index in [-0.39, 0.29) is 11.8 Å². The molecule has 0 aliphatic carbocycles. The van der Waals surface area contributed by atoms with Gasteiger partial charge in [0.25, 0.3) is 0 Å². The van der Waals surface area contributed by atoms with Gasteiger partial charge < -0.3 is 20.1 Å². The molecule has 0 radical (unpaired) electrons. The summed E-state index contributed by atoms with van der Waals surface area (Å²) in [7, 11) is 0. The summed E-state index contributed by atoms with van der Waals surface area (Å²) in [5.74, 6) is 0.00474. The van der Waals surface area contributed by atoms with E-state index in [1.165, 1.54) is 18.2 Å². The summed E-state index contributed by atoms with van der Waals surface area (Å²) in [4.78, 5) is 14.0. The van der Waals surface area contributed by atoms with E-state index >= 15 is 0 Å². The number of morpholine rings is 1. The number of hydrogen-bond donors (Lipinski definition) is 2. The quantitative estimate of drug-likeness (QED) is 0.752. The lowest BCUT2D eigenvalue weighted by Crippen LogP contribution is -2.38. The Balaban J connectivity index is 1.66. The molecule has 1 aromatic rings. The van der Waals surface area contributed by atoms with Gasteiger partial charge in [-0.1, -0.05) is 6.07 Å². The smallest absolute Gasteiger partial charge is 0.387 e. The second-order valence-corrected chi connectivity index (χ2v) is 5.09. The van der Waals surface area contributed by atoms with Gasteiger partial charge in [0.2, 0.25) is 0 Å². The zero-order valence-electron chi connectivity index (χ0n) is 12.8. The highest BCUT2D eigenvalue weighted by Gasteiger charge is 2.10. The van der Waals surface area contributed by atoms with Gasteiger partial charge in [-0.25, -0.2) is 4.79 Å². The van der Waals surface area contributed by atoms with Crippen LogP contribution >= 0.6 is 0 Å². The lowest BCUT2D eigenvalue weighted by molar-refractivity contribution is -0.0497. The molecule has 6 nitrogen and oxygen atoms in total. The second kappa shape index (κ2) is 9.26. The van der Waals surface area contributed by atoms with Crippen LogP contribution in [-0.4, -0.2) is 56.9 Å². The van der Waals surface area contributed by atoms with Crippen LogP contribution < -0.4 is 15.4 Å². The van der Waals surface area contributed by atoms with Crippen molar-refractivity contribution < 1.29 is 23.0 Å². The molecule has 128 valence electrons. The van der Waals surface area contributed by atoms with Gasteiger partial charge in [-0.2, -0.15) is 8.78 Å². The minimum absolute atomic E-state index is 0.00474. The highest BCUT2D eigenvalue weighted by atomic mass is 19.3. The summed E-state index contributed by atoms with van der Waals surface area (Å²) in [6, 6.07) is 5.51. The average Bonchev–Trinajstić information content (AvgIpc) is 2.52. The van der Waals surface area contributed by atoms with Gasteiger partial charge in [-0.3, -0.25) is 4.90 Å². The number of carbonyl (C=O) groups is 1. The van der Waals surface area contributed by atoms with Gasteiger partial charge >= 0.3 is 12.6 Å². The Labute approximate surface area is 133 Å². The SMILES string of the molecule is O=C(NCCCN1CCOCC1)Nc1cccc(OC(F)F)c1. The van der Waals surface area contributed by atoms with Crippen LogP contribution in [-0.2, 0) is 4.74 Å². The Morgan fingerprint density at radius 1 is 1.35 bits per heavy atom. The third kappa shape index (κ3) is 6.79. The molecule has 1 aromatic carbocycles. The van der Waals surface area contributed by atoms with E-state index in [2.05, 4.69) is 20.3 Å². The van der Waals surface area contributed by atoms with Crippen molar-refractivity contribution >= 4 is 11.7 Å². The number of halogens is 2. The fourth-order valence-electron chi connectivity index (χ4n) is 2.25. The molecular formula is C15H21F2N3O3. The number of alkyl halides is 2. The molecule has 2 amide bonds. The van der Waals surface area contributed by atoms with Crippen molar-refractivity contribution in [1.82, 2.24) is 10.2 Å². The molecule has 1 saturated heterocycles. The zero-order valence-corrected chi connectivity index (χ0v) is 12.8. The first-order valence-electron chi connectivity index (χ1n) is 7.53. The van der Waals surface area contributed by atoms with Crippen LogP contribution in [0, 0.1) is 0 Å². The molecule has 0 atom stereocenters. The first-order valence-corrected chi connectivity index (χ1v) is 7.53. The number of carbonyl (C=O) groups excluding carboxylic acids is 1. The summed E-state index contributed by atoms with van der Waals surface area (Å²) in [5.41, 5.74) is 0.397. The van der Waals surface area contributed by atoms with E-state index in [9.17, 15) is 13.6 Å². The number of nitrogens with one attached hydrogen (secondary N) is 2. The van der Waals surface area contributed by atoms with Crippen molar-refractivity contribution in [3.8, 4) is 5.75 Å². The van der Waals surface area contributed by atoms with E-state index in [4.69, 9.17) is 4.74 Å². The number of urea groups is 1. The predicted octanol–water partition coefficient (Wildman–Crippen LogP) is 2.13. The first-order chi connectivity index (χ1) is 11.1. The van der Waals surface area contributed by atoms with Gasteiger partial charge in [0.15, 0.2) is 0 Å². The topological polar surface area (TPSA) is 62.8 Å². The van der Waals surface area contributed by atoms with Crippen LogP contribution in [0.5, 0.6) is 5.75 Å². The van der Waals surface area contributed by atoms with E-state index in [0.29, 0.717) is 12.2 Å². The number of anilines is 1. The average molecular weight is 329 g/mol. The van der Waals surface area contributed by atoms with Gasteiger partial charge in [-0.05, 0) is 25.1 Å². The molecule has 1 aliphatic heterocycles. The number of amides is 2. The Morgan fingerprint density at radius 2 is 2.13 bits per heavy atom. The largest absolute Gasteiger partial charge is 0.435 e. The Kier molecular flexibility index (Phi) is 7.02. The lowest BCUT2D eigenvalue weighted by Gasteiger charge is -2.26. The van der Waals surface area contributed by atoms with Gasteiger partial charge in [0.05, 0.1) is 13.2 Å². The first kappa shape index (κ1) is 17.4. The van der Waals surface area contributed by atoms with E-state index in [0.717, 1.165) is 39.3 Å². The fraction of sp³-hybridized carbons (Fsp3) is 0.533. The van der Waals surface area contributed by atoms with Crippen molar-refractivity contribution in [3.05, 3.63) is 24.3 Å². The van der Waals surface area contributed by atoms with Gasteiger partial charge in [0, 0.05) is 31.4 Å². The van der Waals surface area contributed by atoms with Crippen LogP contribution in [0.15, 0.2) is 24.3 Å². The molecule has 2 rings (SSSR count). The van der Waals surface area contributed by atoms with Gasteiger partial charge in [0.1, 0.15) is 5.75 Å². The maximum absolute atomic E-state index is 12.1. The van der Waals surface area contributed by atoms with Crippen molar-refractivity contribution in [2.45, 2.75) is 13.0 Å². The molecule has 0 unspecified atom stereocenters. The maximum atomic E-state index is 12.1. The van der Waals surface area contributed by atoms with Gasteiger partial charge in [-0.15, -0.1) is 0 Å². The summed E-state index contributed by atoms with van der Waals surface area (Å²) in [5, 5.41) is 5.32. The molecule has 1 fully saturated rings. The van der Waals surface area contributed by atoms with Crippen molar-refractivity contribution in [1.29, 1.82) is 0 Å². The molecule has 0 saturated carbocycles. The highest BCUT2D eigenvalue weighted by Crippen LogP contribution is 2.19. The van der Waals surface area contributed by atoms with Crippen LogP contribution in [0.1, 0.15) is 6.42 Å². The van der Waals surface area contributed by atoms with E-state index in [1.54, 1.807) is 6.07 Å². The lowest BCUT2D eigenvalue weighted by atomic mass is 10.3. The summed E-state index contributed by atoms with van der Waals surface area (Å²) < 4.78 is 33.8. The highest BCUT2D eigenvalue weighted by molar-refractivity contribution is 5.89. The standard InChI is InChI=1S/C15H21F2N3O3/c16-14(17)23-13-4-1-3-12(11-13)19-15(21)18-5-2-6-20-7-9-22-10-8-20/h1,3-4,11,14H,2,5-10H2,(H2,18,19,21). The third-order valence-electron chi connectivity index (χ3n) is 3.36. The van der Waals surface area contributed by atoms with Crippen LogP contribution in [0.3, 0.4) is 0 Å². The minimum Gasteiger partial charge on any atom is -0.435 e. The molecule has 1 heterocycles. The van der Waals surface area contributed by atoms with Crippen LogP contribution in [0.2, 0.25) is 0 Å². The fourth-order valence-corrected chi connectivity index (χ4v) is 2.25. The Morgan fingerprint density at radius 3 is 2.87 bits per heavy atom. The molecule has 8 heteroatoms. The molecule has 0 spiro atoms. The molecule has 23 heavy (non-hydrogen) atoms. The third-order valence-corrected chi connectivity index (χ3v) is 3.36. The normalized spacial score (nSPS) is 15.4. The molecule has 2 N–H and O–H groups in total. The van der Waals surface area contributed by atoms with E-state index < -0.39 is 6.61 Å². The number of hydrogen-bond acceptors (Lipinski definition) is 4. The van der Waals surface area contributed by atoms with Crippen LogP contribution in [0.4, 0.5) is 19.3 Å². The minimum atomic E-state index is -2.89. The van der Waals surface area contributed by atoms with Crippen molar-refractivity contribution in [3.63, 3.8) is 0 Å². The van der Waals surface area contributed by atoms with E-state index in [1.807, 2.05) is 0 Å². The monoisotopic (exact) mass is 329 g/mol. The zero-order chi connectivity index (χ0) is 16.5. The molecule has 1 aliphatic rings. The molecule has 0 bridgehead atoms. The maximum Gasteiger partial charge on any atom is 0.387 e. The van der Waals surface area contributed by atoms with Crippen LogP contribution in [0.25, 0.3) is 0 Å².